The van der Waals surface area contributed by atoms with Gasteiger partial charge in [-0.1, -0.05) is 30.4 Å². The van der Waals surface area contributed by atoms with Crippen LogP contribution in [0.1, 0.15) is 26.7 Å². The fourth-order valence-corrected chi connectivity index (χ4v) is 3.94. The lowest BCUT2D eigenvalue weighted by molar-refractivity contribution is -0.183. The average Bonchev–Trinajstić information content (AvgIpc) is 2.74. The van der Waals surface area contributed by atoms with Gasteiger partial charge in [-0.2, -0.15) is 0 Å². The lowest BCUT2D eigenvalue weighted by Gasteiger charge is -2.38. The molecule has 3 heterocycles. The number of aliphatic hydroxyl groups excluding tert-OH is 3. The molecule has 3 N–H and O–H groups in total. The molecule has 8 heteroatoms. The number of aliphatic hydroxyl groups is 3. The quantitative estimate of drug-likeness (QED) is 0.412. The molecule has 8 nitrogen and oxygen atoms in total. The first-order valence-electron chi connectivity index (χ1n) is 10.6. The van der Waals surface area contributed by atoms with Crippen molar-refractivity contribution >= 4 is 11.9 Å². The molecule has 0 aromatic heterocycles. The lowest BCUT2D eigenvalue weighted by Crippen LogP contribution is -2.47. The molecule has 0 aromatic carbocycles. The minimum atomic E-state index is -1.21. The van der Waals surface area contributed by atoms with Gasteiger partial charge in [0.15, 0.2) is 6.10 Å². The molecule has 3 unspecified atom stereocenters. The molecule has 0 bridgehead atoms. The Bertz CT molecular complexity index is 858. The molecule has 32 heavy (non-hydrogen) atoms. The van der Waals surface area contributed by atoms with Crippen LogP contribution < -0.4 is 0 Å². The second-order valence-corrected chi connectivity index (χ2v) is 8.78. The molecule has 3 aliphatic rings. The summed E-state index contributed by atoms with van der Waals surface area (Å²) in [5, 5.41) is 30.2. The highest BCUT2D eigenvalue weighted by atomic mass is 16.6. The first-order valence-corrected chi connectivity index (χ1v) is 10.6. The molecule has 8 atom stereocenters. The zero-order valence-electron chi connectivity index (χ0n) is 18.2. The highest BCUT2D eigenvalue weighted by Gasteiger charge is 2.42. The number of ether oxygens (including phenoxy) is 3. The van der Waals surface area contributed by atoms with Crippen LogP contribution in [0.4, 0.5) is 0 Å². The van der Waals surface area contributed by atoms with E-state index in [4.69, 9.17) is 14.2 Å². The molecule has 0 radical (unpaired) electrons. The van der Waals surface area contributed by atoms with Gasteiger partial charge in [-0.3, -0.25) is 0 Å². The zero-order valence-corrected chi connectivity index (χ0v) is 18.2. The van der Waals surface area contributed by atoms with Gasteiger partial charge in [0, 0.05) is 18.4 Å². The number of carbonyl (C=O) groups is 2. The van der Waals surface area contributed by atoms with E-state index in [9.17, 15) is 24.9 Å². The van der Waals surface area contributed by atoms with Crippen molar-refractivity contribution < 1.29 is 39.1 Å². The van der Waals surface area contributed by atoms with Crippen molar-refractivity contribution in [3.8, 4) is 0 Å². The Morgan fingerprint density at radius 3 is 2.56 bits per heavy atom. The fraction of sp³-hybridized carbons (Fsp3) is 0.500. The van der Waals surface area contributed by atoms with Crippen LogP contribution in [0.3, 0.4) is 0 Å². The normalized spacial score (nSPS) is 42.3. The van der Waals surface area contributed by atoms with E-state index >= 15 is 0 Å². The molecule has 0 aliphatic carbocycles. The Labute approximate surface area is 187 Å². The number of esters is 2. The van der Waals surface area contributed by atoms with Crippen molar-refractivity contribution in [3.05, 3.63) is 61.3 Å². The highest BCUT2D eigenvalue weighted by molar-refractivity contribution is 5.83. The van der Waals surface area contributed by atoms with Crippen molar-refractivity contribution in [3.63, 3.8) is 0 Å². The van der Waals surface area contributed by atoms with E-state index in [1.54, 1.807) is 56.4 Å². The summed E-state index contributed by atoms with van der Waals surface area (Å²) >= 11 is 0. The second kappa shape index (κ2) is 9.54. The Hall–Kier alpha value is -2.52. The van der Waals surface area contributed by atoms with E-state index in [1.807, 2.05) is 0 Å². The SMILES string of the molecule is C=CC1C[C@](C)(C/C=C/C2O[C@](C)(/C=C/C3OC(=O)C=C[C@@H]3O)C=C[C@@H]2O)OC(=O)[C@@H]1O. The van der Waals surface area contributed by atoms with Gasteiger partial charge in [-0.15, -0.1) is 6.58 Å². The van der Waals surface area contributed by atoms with Gasteiger partial charge in [0.05, 0.1) is 0 Å². The number of rotatable bonds is 6. The Balaban J connectivity index is 1.64. The van der Waals surface area contributed by atoms with Gasteiger partial charge in [-0.25, -0.2) is 9.59 Å². The van der Waals surface area contributed by atoms with Crippen LogP contribution in [0.5, 0.6) is 0 Å². The fourth-order valence-electron chi connectivity index (χ4n) is 3.94. The summed E-state index contributed by atoms with van der Waals surface area (Å²) in [7, 11) is 0. The molecule has 0 saturated carbocycles. The van der Waals surface area contributed by atoms with Crippen molar-refractivity contribution in [2.24, 2.45) is 5.92 Å². The van der Waals surface area contributed by atoms with E-state index in [0.29, 0.717) is 12.8 Å². The van der Waals surface area contributed by atoms with Crippen molar-refractivity contribution in [2.45, 2.75) is 68.4 Å². The molecule has 1 saturated heterocycles. The lowest BCUT2D eigenvalue weighted by atomic mass is 9.83. The minimum Gasteiger partial charge on any atom is -0.457 e. The number of hydrogen-bond acceptors (Lipinski definition) is 8. The maximum Gasteiger partial charge on any atom is 0.336 e. The Morgan fingerprint density at radius 2 is 1.84 bits per heavy atom. The molecule has 174 valence electrons. The monoisotopic (exact) mass is 446 g/mol. The van der Waals surface area contributed by atoms with E-state index in [-0.39, 0.29) is 5.92 Å². The number of hydrogen-bond donors (Lipinski definition) is 3. The van der Waals surface area contributed by atoms with Crippen LogP contribution >= 0.6 is 0 Å². The topological polar surface area (TPSA) is 123 Å². The third-order valence-corrected chi connectivity index (χ3v) is 5.83. The zero-order chi connectivity index (χ0) is 23.5. The van der Waals surface area contributed by atoms with Crippen molar-refractivity contribution in [2.75, 3.05) is 0 Å². The van der Waals surface area contributed by atoms with Crippen LogP contribution in [-0.4, -0.2) is 69.0 Å². The number of carbonyl (C=O) groups excluding carboxylic acids is 2. The predicted molar refractivity (Wildman–Crippen MR) is 115 cm³/mol. The van der Waals surface area contributed by atoms with Crippen LogP contribution in [0, 0.1) is 5.92 Å². The van der Waals surface area contributed by atoms with E-state index in [2.05, 4.69) is 6.58 Å². The summed E-state index contributed by atoms with van der Waals surface area (Å²) in [6.45, 7) is 7.24. The van der Waals surface area contributed by atoms with E-state index < -0.39 is 53.7 Å². The van der Waals surface area contributed by atoms with E-state index in [0.717, 1.165) is 0 Å². The minimum absolute atomic E-state index is 0.370. The van der Waals surface area contributed by atoms with Gasteiger partial charge in [0.2, 0.25) is 0 Å². The Morgan fingerprint density at radius 1 is 1.12 bits per heavy atom. The van der Waals surface area contributed by atoms with Crippen LogP contribution in [0.15, 0.2) is 61.3 Å². The van der Waals surface area contributed by atoms with Crippen molar-refractivity contribution in [1.29, 1.82) is 0 Å². The molecular weight excluding hydrogens is 416 g/mol. The summed E-state index contributed by atoms with van der Waals surface area (Å²) in [5.41, 5.74) is -1.71. The van der Waals surface area contributed by atoms with Crippen molar-refractivity contribution in [1.82, 2.24) is 0 Å². The number of cyclic esters (lactones) is 2. The first kappa shape index (κ1) is 24.1. The summed E-state index contributed by atoms with van der Waals surface area (Å²) < 4.78 is 16.5. The smallest absolute Gasteiger partial charge is 0.336 e. The van der Waals surface area contributed by atoms with Crippen LogP contribution in [0.25, 0.3) is 0 Å². The molecular formula is C24H30O8. The van der Waals surface area contributed by atoms with Gasteiger partial charge in [0.25, 0.3) is 0 Å². The summed E-state index contributed by atoms with van der Waals surface area (Å²) in [6.07, 6.45) is 10.4. The molecule has 1 fully saturated rings. The molecule has 3 aliphatic heterocycles. The van der Waals surface area contributed by atoms with Crippen LogP contribution in [-0.2, 0) is 23.8 Å². The van der Waals surface area contributed by atoms with Gasteiger partial charge in [0.1, 0.15) is 35.6 Å². The standard InChI is InChI=1S/C24H30O8/c1-4-15-14-24(3,32-22(29)21(15)28)11-5-6-19-17(26)9-12-23(2,31-19)13-10-18-16(25)7-8-20(27)30-18/h4-10,12-13,15-19,21,25-26,28H,1,11,14H2,2-3H3/b6-5+,13-10+/t15?,16-,17-,18?,19?,21+,23-,24-/m0/s1. The predicted octanol–water partition coefficient (Wildman–Crippen LogP) is 1.27. The molecule has 0 aromatic rings. The first-order chi connectivity index (χ1) is 15.0. The van der Waals surface area contributed by atoms with Gasteiger partial charge >= 0.3 is 11.9 Å². The second-order valence-electron chi connectivity index (χ2n) is 8.78. The largest absolute Gasteiger partial charge is 0.457 e. The molecule has 0 spiro atoms. The molecule has 0 amide bonds. The summed E-state index contributed by atoms with van der Waals surface area (Å²) in [5.74, 6) is -1.59. The average molecular weight is 446 g/mol. The maximum absolute atomic E-state index is 11.9. The molecule has 3 rings (SSSR count). The van der Waals surface area contributed by atoms with Gasteiger partial charge in [-0.05, 0) is 38.5 Å². The van der Waals surface area contributed by atoms with E-state index in [1.165, 1.54) is 12.2 Å². The van der Waals surface area contributed by atoms with Crippen LogP contribution in [0.2, 0.25) is 0 Å². The third kappa shape index (κ3) is 5.63. The summed E-state index contributed by atoms with van der Waals surface area (Å²) in [6, 6.07) is 0. The summed E-state index contributed by atoms with van der Waals surface area (Å²) in [4.78, 5) is 23.4. The Kier molecular flexibility index (Phi) is 7.19. The maximum atomic E-state index is 11.9. The third-order valence-electron chi connectivity index (χ3n) is 5.83. The van der Waals surface area contributed by atoms with Gasteiger partial charge < -0.3 is 29.5 Å². The highest BCUT2D eigenvalue weighted by Crippen LogP contribution is 2.34.